The molecule has 0 aliphatic carbocycles. The van der Waals surface area contributed by atoms with Crippen molar-refractivity contribution in [2.45, 2.75) is 25.8 Å². The highest BCUT2D eigenvalue weighted by atomic mass is 16.5. The fourth-order valence-electron chi connectivity index (χ4n) is 2.00. The molecule has 1 aromatic rings. The van der Waals surface area contributed by atoms with Crippen LogP contribution in [0.4, 0.5) is 0 Å². The molecular formula is C15H21NO6. The van der Waals surface area contributed by atoms with Gasteiger partial charge in [0.2, 0.25) is 5.75 Å². The molecule has 2 N–H and O–H groups in total. The molecule has 0 saturated carbocycles. The van der Waals surface area contributed by atoms with Crippen molar-refractivity contribution in [1.82, 2.24) is 5.32 Å². The van der Waals surface area contributed by atoms with Crippen molar-refractivity contribution in [3.8, 4) is 17.2 Å². The van der Waals surface area contributed by atoms with Crippen LogP contribution in [0.15, 0.2) is 12.1 Å². The van der Waals surface area contributed by atoms with Gasteiger partial charge in [0, 0.05) is 5.56 Å². The van der Waals surface area contributed by atoms with E-state index in [1.807, 2.05) is 6.92 Å². The number of hydrogen-bond donors (Lipinski definition) is 2. The molecule has 122 valence electrons. The second-order valence-corrected chi connectivity index (χ2v) is 4.57. The van der Waals surface area contributed by atoms with Crippen LogP contribution in [0.3, 0.4) is 0 Å². The Bertz CT molecular complexity index is 518. The summed E-state index contributed by atoms with van der Waals surface area (Å²) in [4.78, 5) is 23.4. The number of benzene rings is 1. The maximum Gasteiger partial charge on any atom is 0.326 e. The van der Waals surface area contributed by atoms with E-state index in [4.69, 9.17) is 19.3 Å². The Morgan fingerprint density at radius 1 is 1.14 bits per heavy atom. The molecule has 1 rings (SSSR count). The van der Waals surface area contributed by atoms with E-state index in [1.165, 1.54) is 33.5 Å². The van der Waals surface area contributed by atoms with Gasteiger partial charge in [0.15, 0.2) is 11.5 Å². The molecule has 0 spiro atoms. The SMILES string of the molecule is CCC[C@H](NC(=O)c1cc(OC)c(OC)c(OC)c1)C(=O)O. The summed E-state index contributed by atoms with van der Waals surface area (Å²) in [5.41, 5.74) is 0.233. The smallest absolute Gasteiger partial charge is 0.326 e. The molecule has 1 atom stereocenters. The summed E-state index contributed by atoms with van der Waals surface area (Å²) < 4.78 is 15.5. The zero-order chi connectivity index (χ0) is 16.7. The standard InChI is InChI=1S/C15H21NO6/c1-5-6-10(15(18)19)16-14(17)9-7-11(20-2)13(22-4)12(8-9)21-3/h7-8,10H,5-6H2,1-4H3,(H,16,17)(H,18,19)/t10-/m0/s1. The second kappa shape index (κ2) is 8.11. The maximum absolute atomic E-state index is 12.2. The Labute approximate surface area is 129 Å². The Morgan fingerprint density at radius 2 is 1.68 bits per heavy atom. The van der Waals surface area contributed by atoms with E-state index in [1.54, 1.807) is 0 Å². The van der Waals surface area contributed by atoms with E-state index in [9.17, 15) is 9.59 Å². The molecule has 0 aromatic heterocycles. The quantitative estimate of drug-likeness (QED) is 0.759. The lowest BCUT2D eigenvalue weighted by atomic mass is 10.1. The summed E-state index contributed by atoms with van der Waals surface area (Å²) in [6, 6.07) is 2.01. The van der Waals surface area contributed by atoms with Gasteiger partial charge in [-0.2, -0.15) is 0 Å². The lowest BCUT2D eigenvalue weighted by molar-refractivity contribution is -0.139. The van der Waals surface area contributed by atoms with Gasteiger partial charge in [-0.1, -0.05) is 13.3 Å². The summed E-state index contributed by atoms with van der Waals surface area (Å²) in [6.45, 7) is 1.85. The van der Waals surface area contributed by atoms with Crippen molar-refractivity contribution in [2.24, 2.45) is 0 Å². The summed E-state index contributed by atoms with van der Waals surface area (Å²) >= 11 is 0. The van der Waals surface area contributed by atoms with Crippen LogP contribution in [0.5, 0.6) is 17.2 Å². The number of nitrogens with one attached hydrogen (secondary N) is 1. The number of amides is 1. The first-order valence-corrected chi connectivity index (χ1v) is 6.82. The molecule has 0 unspecified atom stereocenters. The summed E-state index contributed by atoms with van der Waals surface area (Å²) in [6.07, 6.45) is 0.998. The second-order valence-electron chi connectivity index (χ2n) is 4.57. The lowest BCUT2D eigenvalue weighted by Gasteiger charge is -2.16. The van der Waals surface area contributed by atoms with Crippen LogP contribution in [0.25, 0.3) is 0 Å². The average molecular weight is 311 g/mol. The highest BCUT2D eigenvalue weighted by Gasteiger charge is 2.22. The molecule has 0 fully saturated rings. The van der Waals surface area contributed by atoms with Gasteiger partial charge in [0.1, 0.15) is 6.04 Å². The van der Waals surface area contributed by atoms with Gasteiger partial charge in [-0.25, -0.2) is 4.79 Å². The monoisotopic (exact) mass is 311 g/mol. The first-order chi connectivity index (χ1) is 10.5. The fourth-order valence-corrected chi connectivity index (χ4v) is 2.00. The zero-order valence-electron chi connectivity index (χ0n) is 13.1. The third-order valence-corrected chi connectivity index (χ3v) is 3.11. The van der Waals surface area contributed by atoms with E-state index >= 15 is 0 Å². The van der Waals surface area contributed by atoms with Crippen molar-refractivity contribution >= 4 is 11.9 Å². The molecule has 0 saturated heterocycles. The first-order valence-electron chi connectivity index (χ1n) is 6.82. The van der Waals surface area contributed by atoms with Gasteiger partial charge >= 0.3 is 5.97 Å². The largest absolute Gasteiger partial charge is 0.493 e. The molecule has 0 aliphatic heterocycles. The molecule has 7 heteroatoms. The van der Waals surface area contributed by atoms with E-state index in [0.29, 0.717) is 30.1 Å². The number of rotatable bonds is 8. The molecule has 0 bridgehead atoms. The van der Waals surface area contributed by atoms with E-state index in [2.05, 4.69) is 5.32 Å². The van der Waals surface area contributed by atoms with Crippen molar-refractivity contribution in [1.29, 1.82) is 0 Å². The summed E-state index contributed by atoms with van der Waals surface area (Å²) in [5.74, 6) is -0.559. The summed E-state index contributed by atoms with van der Waals surface area (Å²) in [7, 11) is 4.34. The number of ether oxygens (including phenoxy) is 3. The number of carbonyl (C=O) groups is 2. The van der Waals surface area contributed by atoms with E-state index < -0.39 is 17.9 Å². The molecule has 0 heterocycles. The zero-order valence-corrected chi connectivity index (χ0v) is 13.1. The van der Waals surface area contributed by atoms with Gasteiger partial charge in [-0.05, 0) is 18.6 Å². The number of carboxylic acid groups (broad SMARTS) is 1. The minimum absolute atomic E-state index is 0.233. The average Bonchev–Trinajstić information content (AvgIpc) is 2.52. The number of carbonyl (C=O) groups excluding carboxylic acids is 1. The van der Waals surface area contributed by atoms with Gasteiger partial charge in [-0.15, -0.1) is 0 Å². The van der Waals surface area contributed by atoms with Crippen LogP contribution in [-0.4, -0.2) is 44.4 Å². The van der Waals surface area contributed by atoms with Crippen LogP contribution in [0, 0.1) is 0 Å². The lowest BCUT2D eigenvalue weighted by Crippen LogP contribution is -2.40. The first kappa shape index (κ1) is 17.6. The molecule has 1 aromatic carbocycles. The van der Waals surface area contributed by atoms with Crippen LogP contribution >= 0.6 is 0 Å². The van der Waals surface area contributed by atoms with Gasteiger partial charge in [0.05, 0.1) is 21.3 Å². The predicted octanol–water partition coefficient (Wildman–Crippen LogP) is 1.70. The molecule has 0 radical (unpaired) electrons. The van der Waals surface area contributed by atoms with Crippen LogP contribution in [0.2, 0.25) is 0 Å². The van der Waals surface area contributed by atoms with Crippen molar-refractivity contribution < 1.29 is 28.9 Å². The summed E-state index contributed by atoms with van der Waals surface area (Å²) in [5, 5.41) is 11.6. The van der Waals surface area contributed by atoms with Crippen molar-refractivity contribution in [3.63, 3.8) is 0 Å². The highest BCUT2D eigenvalue weighted by molar-refractivity contribution is 5.97. The van der Waals surface area contributed by atoms with E-state index in [-0.39, 0.29) is 5.56 Å². The molecule has 0 aliphatic rings. The van der Waals surface area contributed by atoms with Gasteiger partial charge in [0.25, 0.3) is 5.91 Å². The Kier molecular flexibility index (Phi) is 6.49. The van der Waals surface area contributed by atoms with Crippen molar-refractivity contribution in [2.75, 3.05) is 21.3 Å². The van der Waals surface area contributed by atoms with Crippen LogP contribution < -0.4 is 19.5 Å². The van der Waals surface area contributed by atoms with E-state index in [0.717, 1.165) is 0 Å². The third-order valence-electron chi connectivity index (χ3n) is 3.11. The molecule has 7 nitrogen and oxygen atoms in total. The van der Waals surface area contributed by atoms with Gasteiger partial charge < -0.3 is 24.6 Å². The Balaban J connectivity index is 3.09. The molecule has 1 amide bonds. The Hall–Kier alpha value is -2.44. The minimum Gasteiger partial charge on any atom is -0.493 e. The normalized spacial score (nSPS) is 11.5. The number of methoxy groups -OCH3 is 3. The topological polar surface area (TPSA) is 94.1 Å². The van der Waals surface area contributed by atoms with Gasteiger partial charge in [-0.3, -0.25) is 4.79 Å². The fraction of sp³-hybridized carbons (Fsp3) is 0.467. The number of carboxylic acids is 1. The number of hydrogen-bond acceptors (Lipinski definition) is 5. The van der Waals surface area contributed by atoms with Crippen molar-refractivity contribution in [3.05, 3.63) is 17.7 Å². The highest BCUT2D eigenvalue weighted by Crippen LogP contribution is 2.38. The predicted molar refractivity (Wildman–Crippen MR) is 79.9 cm³/mol. The maximum atomic E-state index is 12.2. The molecular weight excluding hydrogens is 290 g/mol. The van der Waals surface area contributed by atoms with Crippen LogP contribution in [0.1, 0.15) is 30.1 Å². The molecule has 22 heavy (non-hydrogen) atoms. The Morgan fingerprint density at radius 3 is 2.05 bits per heavy atom. The number of aliphatic carboxylic acids is 1. The third kappa shape index (κ3) is 4.03. The minimum atomic E-state index is -1.07. The van der Waals surface area contributed by atoms with Crippen LogP contribution in [-0.2, 0) is 4.79 Å².